The summed E-state index contributed by atoms with van der Waals surface area (Å²) in [7, 11) is 2.83. The van der Waals surface area contributed by atoms with Crippen LogP contribution in [-0.2, 0) is 9.53 Å². The van der Waals surface area contributed by atoms with Crippen LogP contribution in [0.2, 0.25) is 0 Å². The lowest BCUT2D eigenvalue weighted by molar-refractivity contribution is -0.142. The Balaban J connectivity index is 2.03. The maximum atomic E-state index is 11.4. The monoisotopic (exact) mass is 499 g/mol. The molecule has 0 aliphatic rings. The number of benzene rings is 3. The summed E-state index contributed by atoms with van der Waals surface area (Å²) in [5.41, 5.74) is 2.20. The number of fused-ring (bicyclic) bond motifs is 1. The molecular weight excluding hydrogens is 481 g/mol. The molecule has 0 fully saturated rings. The lowest BCUT2D eigenvalue weighted by Gasteiger charge is -2.13. The number of hydrogen-bond acceptors (Lipinski definition) is 5. The van der Waals surface area contributed by atoms with Crippen LogP contribution in [0.15, 0.2) is 54.6 Å². The molecule has 146 valence electrons. The van der Waals surface area contributed by atoms with E-state index in [4.69, 9.17) is 9.47 Å². The van der Waals surface area contributed by atoms with Crippen LogP contribution in [0.3, 0.4) is 0 Å². The Labute approximate surface area is 182 Å². The molecule has 0 saturated heterocycles. The molecule has 0 amide bonds. The Kier molecular flexibility index (Phi) is 6.73. The number of methoxy groups -OCH3 is 2. The number of allylic oxidation sites excluding steroid dienone is 1. The zero-order valence-electron chi connectivity index (χ0n) is 15.9. The lowest BCUT2D eigenvalue weighted by Crippen LogP contribution is -2.13. The van der Waals surface area contributed by atoms with Crippen LogP contribution >= 0.6 is 22.6 Å². The maximum Gasteiger partial charge on any atom is 0.343 e. The Morgan fingerprint density at radius 3 is 2.62 bits per heavy atom. The zero-order chi connectivity index (χ0) is 20.8. The molecule has 3 rings (SSSR count). The van der Waals surface area contributed by atoms with Crippen molar-refractivity contribution in [2.24, 2.45) is 0 Å². The summed E-state index contributed by atoms with van der Waals surface area (Å²) in [5.74, 6) is 0.455. The molecular formula is C23H18INO4. The fourth-order valence-corrected chi connectivity index (χ4v) is 3.73. The number of carbonyl (C=O) groups is 1. The normalized spacial score (nSPS) is 11.0. The quantitative estimate of drug-likeness (QED) is 0.205. The second kappa shape index (κ2) is 9.43. The minimum Gasteiger partial charge on any atom is -0.493 e. The fourth-order valence-electron chi connectivity index (χ4n) is 2.95. The van der Waals surface area contributed by atoms with Crippen molar-refractivity contribution in [3.05, 3.63) is 69.3 Å². The summed E-state index contributed by atoms with van der Waals surface area (Å²) in [6.07, 6.45) is 1.82. The third-order valence-electron chi connectivity index (χ3n) is 4.33. The van der Waals surface area contributed by atoms with E-state index in [0.29, 0.717) is 17.1 Å². The third kappa shape index (κ3) is 4.69. The summed E-state index contributed by atoms with van der Waals surface area (Å²) < 4.78 is 16.3. The highest BCUT2D eigenvalue weighted by atomic mass is 127. The Morgan fingerprint density at radius 1 is 1.14 bits per heavy atom. The molecule has 0 unspecified atom stereocenters. The van der Waals surface area contributed by atoms with Crippen LogP contribution in [0.25, 0.3) is 22.4 Å². The second-order valence-corrected chi connectivity index (χ2v) is 7.26. The Hall–Kier alpha value is -3.05. The van der Waals surface area contributed by atoms with Gasteiger partial charge in [0.15, 0.2) is 18.1 Å². The van der Waals surface area contributed by atoms with Gasteiger partial charge in [0, 0.05) is 5.56 Å². The van der Waals surface area contributed by atoms with Crippen molar-refractivity contribution < 1.29 is 19.0 Å². The first-order chi connectivity index (χ1) is 14.1. The predicted octanol–water partition coefficient (Wildman–Crippen LogP) is 5.07. The van der Waals surface area contributed by atoms with Crippen LogP contribution in [-0.4, -0.2) is 26.8 Å². The highest BCUT2D eigenvalue weighted by Gasteiger charge is 2.14. The number of nitrogens with zero attached hydrogens (tertiary/aromatic N) is 1. The lowest BCUT2D eigenvalue weighted by atomic mass is 9.97. The fraction of sp³-hybridized carbons (Fsp3) is 0.130. The molecule has 0 saturated carbocycles. The van der Waals surface area contributed by atoms with Crippen LogP contribution in [0, 0.1) is 14.9 Å². The van der Waals surface area contributed by atoms with E-state index in [1.165, 1.54) is 14.2 Å². The number of carbonyl (C=O) groups excluding carboxylic acids is 1. The number of nitriles is 1. The van der Waals surface area contributed by atoms with Crippen LogP contribution in [0.1, 0.15) is 11.1 Å². The molecule has 0 bridgehead atoms. The smallest absolute Gasteiger partial charge is 0.343 e. The molecule has 0 N–H and O–H groups in total. The topological polar surface area (TPSA) is 68.5 Å². The van der Waals surface area contributed by atoms with E-state index in [1.54, 1.807) is 6.07 Å². The molecule has 0 spiro atoms. The number of esters is 1. The SMILES string of the molecule is COC(=O)COc1c(I)cc(/C=C(\C#N)c2cccc3ccccc23)cc1OC. The van der Waals surface area contributed by atoms with Gasteiger partial charge in [-0.1, -0.05) is 42.5 Å². The van der Waals surface area contributed by atoms with Gasteiger partial charge in [0.25, 0.3) is 0 Å². The van der Waals surface area contributed by atoms with Gasteiger partial charge in [0.05, 0.1) is 29.4 Å². The van der Waals surface area contributed by atoms with E-state index in [2.05, 4.69) is 33.4 Å². The molecule has 0 radical (unpaired) electrons. The molecule has 0 aliphatic carbocycles. The van der Waals surface area contributed by atoms with E-state index in [9.17, 15) is 10.1 Å². The standard InChI is InChI=1S/C23H18INO4/c1-27-21-12-15(11-20(24)23(21)29-14-22(26)28-2)10-17(13-25)19-9-5-7-16-6-3-4-8-18(16)19/h3-12H,14H2,1-2H3/b17-10+. The number of hydrogen-bond donors (Lipinski definition) is 0. The van der Waals surface area contributed by atoms with Gasteiger partial charge in [-0.15, -0.1) is 0 Å². The van der Waals surface area contributed by atoms with Crippen molar-refractivity contribution in [1.29, 1.82) is 5.26 Å². The van der Waals surface area contributed by atoms with Gasteiger partial charge in [0.2, 0.25) is 0 Å². The van der Waals surface area contributed by atoms with Gasteiger partial charge in [-0.2, -0.15) is 5.26 Å². The summed E-state index contributed by atoms with van der Waals surface area (Å²) in [6, 6.07) is 19.8. The molecule has 0 aromatic heterocycles. The largest absolute Gasteiger partial charge is 0.493 e. The van der Waals surface area contributed by atoms with E-state index in [0.717, 1.165) is 25.5 Å². The van der Waals surface area contributed by atoms with Crippen molar-refractivity contribution in [2.75, 3.05) is 20.8 Å². The van der Waals surface area contributed by atoms with Crippen molar-refractivity contribution in [2.45, 2.75) is 0 Å². The van der Waals surface area contributed by atoms with Crippen molar-refractivity contribution in [3.63, 3.8) is 0 Å². The first-order valence-electron chi connectivity index (χ1n) is 8.74. The van der Waals surface area contributed by atoms with E-state index in [-0.39, 0.29) is 6.61 Å². The molecule has 3 aromatic carbocycles. The molecule has 0 heterocycles. The summed E-state index contributed by atoms with van der Waals surface area (Å²) in [5, 5.41) is 11.9. The predicted molar refractivity (Wildman–Crippen MR) is 121 cm³/mol. The van der Waals surface area contributed by atoms with Crippen molar-refractivity contribution in [1.82, 2.24) is 0 Å². The van der Waals surface area contributed by atoms with E-state index in [1.807, 2.05) is 54.6 Å². The zero-order valence-corrected chi connectivity index (χ0v) is 18.1. The van der Waals surface area contributed by atoms with Crippen LogP contribution < -0.4 is 9.47 Å². The number of ether oxygens (including phenoxy) is 3. The maximum absolute atomic E-state index is 11.4. The highest BCUT2D eigenvalue weighted by Crippen LogP contribution is 2.35. The highest BCUT2D eigenvalue weighted by molar-refractivity contribution is 14.1. The van der Waals surface area contributed by atoms with Crippen LogP contribution in [0.4, 0.5) is 0 Å². The number of halogens is 1. The Bertz CT molecular complexity index is 1130. The summed E-state index contributed by atoms with van der Waals surface area (Å²) in [6.45, 7) is -0.211. The average Bonchev–Trinajstić information content (AvgIpc) is 2.75. The number of rotatable bonds is 6. The molecule has 5 nitrogen and oxygen atoms in total. The Morgan fingerprint density at radius 2 is 1.90 bits per heavy atom. The first kappa shape index (κ1) is 20.7. The van der Waals surface area contributed by atoms with Crippen molar-refractivity contribution in [3.8, 4) is 17.6 Å². The van der Waals surface area contributed by atoms with Gasteiger partial charge >= 0.3 is 5.97 Å². The van der Waals surface area contributed by atoms with Crippen molar-refractivity contribution >= 4 is 51.0 Å². The minimum absolute atomic E-state index is 0.211. The summed E-state index contributed by atoms with van der Waals surface area (Å²) >= 11 is 2.11. The first-order valence-corrected chi connectivity index (χ1v) is 9.82. The third-order valence-corrected chi connectivity index (χ3v) is 5.13. The van der Waals surface area contributed by atoms with E-state index >= 15 is 0 Å². The molecule has 0 aliphatic heterocycles. The van der Waals surface area contributed by atoms with Gasteiger partial charge in [-0.05, 0) is 57.1 Å². The minimum atomic E-state index is -0.477. The van der Waals surface area contributed by atoms with Gasteiger partial charge < -0.3 is 14.2 Å². The van der Waals surface area contributed by atoms with Gasteiger partial charge in [-0.3, -0.25) is 0 Å². The molecule has 29 heavy (non-hydrogen) atoms. The summed E-state index contributed by atoms with van der Waals surface area (Å²) in [4.78, 5) is 11.4. The molecule has 6 heteroatoms. The average molecular weight is 499 g/mol. The second-order valence-electron chi connectivity index (χ2n) is 6.10. The molecule has 0 atom stereocenters. The van der Waals surface area contributed by atoms with E-state index < -0.39 is 5.97 Å². The van der Waals surface area contributed by atoms with Crippen LogP contribution in [0.5, 0.6) is 11.5 Å². The van der Waals surface area contributed by atoms with Gasteiger partial charge in [-0.25, -0.2) is 4.79 Å². The molecule has 3 aromatic rings. The van der Waals surface area contributed by atoms with Gasteiger partial charge in [0.1, 0.15) is 0 Å².